The van der Waals surface area contributed by atoms with Gasteiger partial charge in [-0.3, -0.25) is 0 Å². The minimum atomic E-state index is -0.305. The molecule has 3 aromatic heterocycles. The Balaban J connectivity index is 0.000000174. The molecule has 0 radical (unpaired) electrons. The first-order valence-electron chi connectivity index (χ1n) is 12.4. The van der Waals surface area contributed by atoms with Crippen molar-refractivity contribution < 1.29 is 18.3 Å². The molecule has 9 heteroatoms. The van der Waals surface area contributed by atoms with Crippen LogP contribution in [0.4, 0.5) is 0 Å². The van der Waals surface area contributed by atoms with Crippen molar-refractivity contribution in [3.05, 3.63) is 79.8 Å². The van der Waals surface area contributed by atoms with Gasteiger partial charge >= 0.3 is 11.3 Å². The highest BCUT2D eigenvalue weighted by Crippen LogP contribution is 2.35. The van der Waals surface area contributed by atoms with E-state index in [1.54, 1.807) is 26.7 Å². The van der Waals surface area contributed by atoms with Gasteiger partial charge in [-0.2, -0.15) is 0 Å². The molecule has 36 heavy (non-hydrogen) atoms. The summed E-state index contributed by atoms with van der Waals surface area (Å²) >= 11 is 3.32. The van der Waals surface area contributed by atoms with E-state index < -0.39 is 0 Å². The largest absolute Gasteiger partial charge is 0.428 e. The smallest absolute Gasteiger partial charge is 0.337 e. The Morgan fingerprint density at radius 2 is 1.33 bits per heavy atom. The molecule has 0 aromatic carbocycles. The molecule has 0 atom stereocenters. The van der Waals surface area contributed by atoms with Gasteiger partial charge in [0.15, 0.2) is 0 Å². The number of rotatable bonds is 5. The van der Waals surface area contributed by atoms with Crippen LogP contribution in [-0.4, -0.2) is 36.0 Å². The number of nitrogens with zero attached hydrogens (tertiary/aromatic N) is 2. The summed E-state index contributed by atoms with van der Waals surface area (Å²) in [6.45, 7) is 0. The molecule has 2 saturated carbocycles. The van der Waals surface area contributed by atoms with Crippen molar-refractivity contribution in [1.29, 1.82) is 0 Å². The molecule has 0 spiro atoms. The van der Waals surface area contributed by atoms with Crippen molar-refractivity contribution in [3.63, 3.8) is 0 Å². The quantitative estimate of drug-likeness (QED) is 0.402. The van der Waals surface area contributed by atoms with E-state index in [2.05, 4.69) is 20.9 Å². The zero-order valence-corrected chi connectivity index (χ0v) is 22.3. The van der Waals surface area contributed by atoms with Crippen molar-refractivity contribution in [3.8, 4) is 5.69 Å². The van der Waals surface area contributed by atoms with Gasteiger partial charge in [0.25, 0.3) is 0 Å². The standard InChI is InChI=1S/C15H18N2O3.C12H15BrO3/c1-19-13-4-2-11(3-5-13)14-8-12(9-15(18)20-14)17-7-6-16-10-17;1-15-10-4-2-8(3-5-10)11-6-9(13)7-12(14)16-11/h6-11,13H,2-5H2,1H3;6-8,10H,2-5H2,1H3. The Morgan fingerprint density at radius 1 is 0.806 bits per heavy atom. The van der Waals surface area contributed by atoms with Crippen LogP contribution >= 0.6 is 15.9 Å². The summed E-state index contributed by atoms with van der Waals surface area (Å²) in [6.07, 6.45) is 14.1. The van der Waals surface area contributed by atoms with Gasteiger partial charge in [-0.05, 0) is 57.4 Å². The average molecular weight is 561 g/mol. The highest BCUT2D eigenvalue weighted by atomic mass is 79.9. The lowest BCUT2D eigenvalue weighted by Gasteiger charge is -2.26. The minimum absolute atomic E-state index is 0.279. The van der Waals surface area contributed by atoms with E-state index in [1.165, 1.54) is 12.1 Å². The topological polar surface area (TPSA) is 96.7 Å². The lowest BCUT2D eigenvalue weighted by Crippen LogP contribution is -2.20. The first-order valence-corrected chi connectivity index (χ1v) is 13.2. The highest BCUT2D eigenvalue weighted by molar-refractivity contribution is 9.10. The van der Waals surface area contributed by atoms with Crippen molar-refractivity contribution >= 4 is 15.9 Å². The third-order valence-electron chi connectivity index (χ3n) is 7.15. The van der Waals surface area contributed by atoms with E-state index in [-0.39, 0.29) is 11.3 Å². The van der Waals surface area contributed by atoms with Crippen LogP contribution in [0.1, 0.15) is 74.7 Å². The molecule has 2 aliphatic rings. The molecule has 0 aliphatic heterocycles. The molecule has 194 valence electrons. The van der Waals surface area contributed by atoms with E-state index in [0.717, 1.165) is 73.0 Å². The van der Waals surface area contributed by atoms with Crippen LogP contribution in [0.5, 0.6) is 0 Å². The first kappa shape index (κ1) is 26.6. The molecule has 0 amide bonds. The first-order chi connectivity index (χ1) is 17.4. The normalized spacial score (nSPS) is 24.1. The third-order valence-corrected chi connectivity index (χ3v) is 7.61. The summed E-state index contributed by atoms with van der Waals surface area (Å²) in [5.74, 6) is 2.24. The average Bonchev–Trinajstić information content (AvgIpc) is 3.44. The fraction of sp³-hybridized carbons (Fsp3) is 0.519. The molecule has 8 nitrogen and oxygen atoms in total. The second kappa shape index (κ2) is 12.7. The summed E-state index contributed by atoms with van der Waals surface area (Å²) in [7, 11) is 3.51. The van der Waals surface area contributed by atoms with Crippen molar-refractivity contribution in [1.82, 2.24) is 9.55 Å². The van der Waals surface area contributed by atoms with Crippen molar-refractivity contribution in [2.24, 2.45) is 0 Å². The van der Waals surface area contributed by atoms with Gasteiger partial charge in [0.1, 0.15) is 11.5 Å². The number of methoxy groups -OCH3 is 2. The van der Waals surface area contributed by atoms with E-state index in [0.29, 0.717) is 24.0 Å². The van der Waals surface area contributed by atoms with E-state index >= 15 is 0 Å². The van der Waals surface area contributed by atoms with E-state index in [9.17, 15) is 9.59 Å². The van der Waals surface area contributed by atoms with Gasteiger partial charge in [-0.25, -0.2) is 14.6 Å². The molecule has 0 saturated heterocycles. The van der Waals surface area contributed by atoms with Crippen molar-refractivity contribution in [2.75, 3.05) is 14.2 Å². The number of ether oxygens (including phenoxy) is 2. The van der Waals surface area contributed by atoms with Gasteiger partial charge in [-0.1, -0.05) is 15.9 Å². The SMILES string of the molecule is COC1CCC(c2cc(-n3ccnc3)cc(=O)o2)CC1.COC1CCC(c2cc(Br)cc(=O)o2)CC1. The van der Waals surface area contributed by atoms with Gasteiger partial charge in [0, 0.05) is 61.1 Å². The van der Waals surface area contributed by atoms with Crippen LogP contribution in [0.25, 0.3) is 5.69 Å². The molecule has 0 unspecified atom stereocenters. The van der Waals surface area contributed by atoms with Crippen molar-refractivity contribution in [2.45, 2.75) is 75.4 Å². The number of halogens is 1. The second-order valence-electron chi connectivity index (χ2n) is 9.42. The summed E-state index contributed by atoms with van der Waals surface area (Å²) in [4.78, 5) is 27.0. The molecule has 0 bridgehead atoms. The number of aromatic nitrogens is 2. The second-order valence-corrected chi connectivity index (χ2v) is 10.3. The number of hydrogen-bond donors (Lipinski definition) is 0. The van der Waals surface area contributed by atoms with Crippen LogP contribution in [0, 0.1) is 0 Å². The van der Waals surface area contributed by atoms with Crippen LogP contribution in [0.15, 0.2) is 65.9 Å². The van der Waals surface area contributed by atoms with E-state index in [4.69, 9.17) is 18.3 Å². The van der Waals surface area contributed by atoms with Gasteiger partial charge in [0.2, 0.25) is 0 Å². The maximum absolute atomic E-state index is 11.7. The Kier molecular flexibility index (Phi) is 9.34. The molecular weight excluding hydrogens is 528 g/mol. The zero-order chi connectivity index (χ0) is 25.5. The minimum Gasteiger partial charge on any atom is -0.428 e. The summed E-state index contributed by atoms with van der Waals surface area (Å²) in [6, 6.07) is 6.79. The Hall–Kier alpha value is -2.49. The predicted molar refractivity (Wildman–Crippen MR) is 139 cm³/mol. The van der Waals surface area contributed by atoms with Gasteiger partial charge in [-0.15, -0.1) is 0 Å². The number of hydrogen-bond acceptors (Lipinski definition) is 7. The molecule has 3 heterocycles. The summed E-state index contributed by atoms with van der Waals surface area (Å²) in [5.41, 5.74) is 0.223. The fourth-order valence-electron chi connectivity index (χ4n) is 5.08. The molecule has 2 fully saturated rings. The molecular formula is C27H33BrN2O6. The van der Waals surface area contributed by atoms with Crippen LogP contribution in [-0.2, 0) is 9.47 Å². The van der Waals surface area contributed by atoms with Crippen LogP contribution < -0.4 is 11.3 Å². The fourth-order valence-corrected chi connectivity index (χ4v) is 5.49. The lowest BCUT2D eigenvalue weighted by atomic mass is 9.85. The van der Waals surface area contributed by atoms with Gasteiger partial charge < -0.3 is 22.9 Å². The van der Waals surface area contributed by atoms with Crippen LogP contribution in [0.2, 0.25) is 0 Å². The Bertz CT molecular complexity index is 1210. The molecule has 0 N–H and O–H groups in total. The monoisotopic (exact) mass is 560 g/mol. The Labute approximate surface area is 218 Å². The maximum Gasteiger partial charge on any atom is 0.337 e. The zero-order valence-electron chi connectivity index (χ0n) is 20.7. The summed E-state index contributed by atoms with van der Waals surface area (Å²) in [5, 5.41) is 0. The maximum atomic E-state index is 11.7. The highest BCUT2D eigenvalue weighted by Gasteiger charge is 2.25. The van der Waals surface area contributed by atoms with E-state index in [1.807, 2.05) is 22.9 Å². The molecule has 3 aromatic rings. The van der Waals surface area contributed by atoms with Gasteiger partial charge in [0.05, 0.1) is 24.2 Å². The van der Waals surface area contributed by atoms with Crippen LogP contribution in [0.3, 0.4) is 0 Å². The Morgan fingerprint density at radius 3 is 1.81 bits per heavy atom. The number of imidazole rings is 1. The lowest BCUT2D eigenvalue weighted by molar-refractivity contribution is 0.0634. The molecule has 2 aliphatic carbocycles. The third kappa shape index (κ3) is 7.05. The summed E-state index contributed by atoms with van der Waals surface area (Å²) < 4.78 is 24.0. The predicted octanol–water partition coefficient (Wildman–Crippen LogP) is 5.57. The molecule has 5 rings (SSSR count).